The Bertz CT molecular complexity index is 412. The van der Waals surface area contributed by atoms with Crippen LogP contribution >= 0.6 is 0 Å². The normalized spacial score (nSPS) is 29.4. The van der Waals surface area contributed by atoms with Gasteiger partial charge in [0, 0.05) is 38.3 Å². The maximum Gasteiger partial charge on any atom is 0.0486 e. The fraction of sp³-hybridized carbons (Fsp3) is 0.571. The molecule has 2 unspecified atom stereocenters. The third-order valence-corrected chi connectivity index (χ3v) is 4.10. The smallest absolute Gasteiger partial charge is 0.0486 e. The SMILES string of the molecule is CN1CCN(NC2CC(N)c3ccccc32)CC1. The standard InChI is InChI=1S/C14H22N4/c1-17-6-8-18(9-7-17)16-14-10-13(15)11-4-2-3-5-12(11)14/h2-5,13-14,16H,6-10,15H2,1H3. The highest BCUT2D eigenvalue weighted by Gasteiger charge is 2.29. The number of piperazine rings is 1. The summed E-state index contributed by atoms with van der Waals surface area (Å²) in [4.78, 5) is 2.37. The van der Waals surface area contributed by atoms with Gasteiger partial charge >= 0.3 is 0 Å². The first-order chi connectivity index (χ1) is 8.74. The van der Waals surface area contributed by atoms with E-state index in [0.29, 0.717) is 6.04 Å². The number of likely N-dealkylation sites (N-methyl/N-ethyl adjacent to an activating group) is 1. The average Bonchev–Trinajstić information content (AvgIpc) is 2.70. The van der Waals surface area contributed by atoms with Crippen LogP contribution < -0.4 is 11.2 Å². The Balaban J connectivity index is 1.68. The molecule has 1 fully saturated rings. The first kappa shape index (κ1) is 12.1. The number of benzene rings is 1. The van der Waals surface area contributed by atoms with Crippen LogP contribution in [-0.2, 0) is 0 Å². The second kappa shape index (κ2) is 4.97. The van der Waals surface area contributed by atoms with Gasteiger partial charge in [0.05, 0.1) is 0 Å². The van der Waals surface area contributed by atoms with Crippen LogP contribution in [0, 0.1) is 0 Å². The number of nitrogens with two attached hydrogens (primary N) is 1. The van der Waals surface area contributed by atoms with Gasteiger partial charge in [0.2, 0.25) is 0 Å². The molecule has 0 amide bonds. The fourth-order valence-corrected chi connectivity index (χ4v) is 2.95. The molecule has 1 heterocycles. The van der Waals surface area contributed by atoms with E-state index >= 15 is 0 Å². The summed E-state index contributed by atoms with van der Waals surface area (Å²) in [5, 5.41) is 2.35. The Labute approximate surface area is 109 Å². The highest BCUT2D eigenvalue weighted by atomic mass is 15.5. The number of hydrogen-bond donors (Lipinski definition) is 2. The second-order valence-corrected chi connectivity index (χ2v) is 5.44. The Morgan fingerprint density at radius 1 is 1.11 bits per heavy atom. The van der Waals surface area contributed by atoms with Crippen molar-refractivity contribution >= 4 is 0 Å². The molecule has 3 rings (SSSR count). The van der Waals surface area contributed by atoms with Gasteiger partial charge in [-0.15, -0.1) is 0 Å². The quantitative estimate of drug-likeness (QED) is 0.813. The zero-order valence-electron chi connectivity index (χ0n) is 11.0. The van der Waals surface area contributed by atoms with Crippen molar-refractivity contribution in [2.24, 2.45) is 5.73 Å². The van der Waals surface area contributed by atoms with Crippen LogP contribution in [0.25, 0.3) is 0 Å². The van der Waals surface area contributed by atoms with Crippen LogP contribution in [0.3, 0.4) is 0 Å². The maximum atomic E-state index is 6.20. The van der Waals surface area contributed by atoms with Gasteiger partial charge in [0.25, 0.3) is 0 Å². The first-order valence-corrected chi connectivity index (χ1v) is 6.78. The average molecular weight is 246 g/mol. The second-order valence-electron chi connectivity index (χ2n) is 5.44. The molecular weight excluding hydrogens is 224 g/mol. The van der Waals surface area contributed by atoms with Crippen molar-refractivity contribution in [2.75, 3.05) is 33.2 Å². The highest BCUT2D eigenvalue weighted by molar-refractivity contribution is 5.37. The Morgan fingerprint density at radius 3 is 2.50 bits per heavy atom. The first-order valence-electron chi connectivity index (χ1n) is 6.78. The van der Waals surface area contributed by atoms with E-state index in [2.05, 4.69) is 46.6 Å². The number of hydrazine groups is 1. The van der Waals surface area contributed by atoms with Gasteiger partial charge in [-0.25, -0.2) is 10.4 Å². The van der Waals surface area contributed by atoms with E-state index in [4.69, 9.17) is 5.73 Å². The van der Waals surface area contributed by atoms with Crippen LogP contribution in [0.2, 0.25) is 0 Å². The van der Waals surface area contributed by atoms with Gasteiger partial charge in [-0.1, -0.05) is 24.3 Å². The van der Waals surface area contributed by atoms with Gasteiger partial charge < -0.3 is 10.6 Å². The lowest BCUT2D eigenvalue weighted by Gasteiger charge is -2.34. The summed E-state index contributed by atoms with van der Waals surface area (Å²) < 4.78 is 0. The van der Waals surface area contributed by atoms with Crippen molar-refractivity contribution < 1.29 is 0 Å². The lowest BCUT2D eigenvalue weighted by atomic mass is 10.1. The number of nitrogens with one attached hydrogen (secondary N) is 1. The number of fused-ring (bicyclic) bond motifs is 1. The molecule has 1 aliphatic heterocycles. The molecule has 0 saturated carbocycles. The molecule has 1 aliphatic carbocycles. The molecule has 0 bridgehead atoms. The van der Waals surface area contributed by atoms with Crippen LogP contribution in [-0.4, -0.2) is 43.1 Å². The monoisotopic (exact) mass is 246 g/mol. The third-order valence-electron chi connectivity index (χ3n) is 4.10. The van der Waals surface area contributed by atoms with Crippen LogP contribution in [0.4, 0.5) is 0 Å². The largest absolute Gasteiger partial charge is 0.324 e. The predicted molar refractivity (Wildman–Crippen MR) is 72.9 cm³/mol. The van der Waals surface area contributed by atoms with Gasteiger partial charge in [0.15, 0.2) is 0 Å². The van der Waals surface area contributed by atoms with Gasteiger partial charge in [-0.3, -0.25) is 0 Å². The molecular formula is C14H22N4. The van der Waals surface area contributed by atoms with E-state index in [1.54, 1.807) is 0 Å². The molecule has 2 atom stereocenters. The summed E-state index contributed by atoms with van der Waals surface area (Å²) in [6.45, 7) is 4.44. The maximum absolute atomic E-state index is 6.20. The van der Waals surface area contributed by atoms with Crippen LogP contribution in [0.15, 0.2) is 24.3 Å². The van der Waals surface area contributed by atoms with Crippen molar-refractivity contribution in [1.29, 1.82) is 0 Å². The fourth-order valence-electron chi connectivity index (χ4n) is 2.95. The molecule has 18 heavy (non-hydrogen) atoms. The molecule has 3 N–H and O–H groups in total. The molecule has 1 aromatic carbocycles. The lowest BCUT2D eigenvalue weighted by molar-refractivity contribution is 0.0858. The molecule has 1 saturated heterocycles. The number of hydrogen-bond acceptors (Lipinski definition) is 4. The molecule has 4 nitrogen and oxygen atoms in total. The zero-order valence-corrected chi connectivity index (χ0v) is 11.0. The molecule has 0 spiro atoms. The van der Waals surface area contributed by atoms with E-state index in [-0.39, 0.29) is 6.04 Å². The van der Waals surface area contributed by atoms with Gasteiger partial charge in [-0.2, -0.15) is 0 Å². The summed E-state index contributed by atoms with van der Waals surface area (Å²) >= 11 is 0. The predicted octanol–water partition coefficient (Wildman–Crippen LogP) is 0.883. The number of nitrogens with zero attached hydrogens (tertiary/aromatic N) is 2. The summed E-state index contributed by atoms with van der Waals surface area (Å²) in [6.07, 6.45) is 1.01. The van der Waals surface area contributed by atoms with Crippen molar-refractivity contribution in [2.45, 2.75) is 18.5 Å². The van der Waals surface area contributed by atoms with Crippen molar-refractivity contribution in [1.82, 2.24) is 15.3 Å². The molecule has 2 aliphatic rings. The van der Waals surface area contributed by atoms with E-state index < -0.39 is 0 Å². The van der Waals surface area contributed by atoms with Crippen LogP contribution in [0.1, 0.15) is 29.6 Å². The summed E-state index contributed by atoms with van der Waals surface area (Å²) in [6, 6.07) is 9.12. The Morgan fingerprint density at radius 2 is 1.78 bits per heavy atom. The van der Waals surface area contributed by atoms with E-state index in [0.717, 1.165) is 32.6 Å². The van der Waals surface area contributed by atoms with Crippen molar-refractivity contribution in [3.63, 3.8) is 0 Å². The van der Waals surface area contributed by atoms with E-state index in [9.17, 15) is 0 Å². The topological polar surface area (TPSA) is 44.5 Å². The van der Waals surface area contributed by atoms with E-state index in [1.165, 1.54) is 11.1 Å². The molecule has 1 aromatic rings. The zero-order chi connectivity index (χ0) is 12.5. The molecule has 98 valence electrons. The van der Waals surface area contributed by atoms with Crippen molar-refractivity contribution in [3.8, 4) is 0 Å². The Hall–Kier alpha value is -0.940. The van der Waals surface area contributed by atoms with Crippen LogP contribution in [0.5, 0.6) is 0 Å². The van der Waals surface area contributed by atoms with Gasteiger partial charge in [0.1, 0.15) is 0 Å². The third kappa shape index (κ3) is 2.29. The minimum absolute atomic E-state index is 0.186. The lowest BCUT2D eigenvalue weighted by Crippen LogP contribution is -2.51. The van der Waals surface area contributed by atoms with Gasteiger partial charge in [-0.05, 0) is 24.6 Å². The summed E-state index contributed by atoms with van der Waals surface area (Å²) in [5.74, 6) is 0. The molecule has 0 radical (unpaired) electrons. The molecule has 0 aromatic heterocycles. The van der Waals surface area contributed by atoms with E-state index in [1.807, 2.05) is 0 Å². The minimum Gasteiger partial charge on any atom is -0.324 e. The highest BCUT2D eigenvalue weighted by Crippen LogP contribution is 2.37. The summed E-state index contributed by atoms with van der Waals surface area (Å²) in [7, 11) is 2.18. The number of rotatable bonds is 2. The minimum atomic E-state index is 0.186. The molecule has 4 heteroatoms. The van der Waals surface area contributed by atoms with Crippen molar-refractivity contribution in [3.05, 3.63) is 35.4 Å². The Kier molecular flexibility index (Phi) is 3.35. The summed E-state index contributed by atoms with van der Waals surface area (Å²) in [5.41, 5.74) is 12.5.